The Morgan fingerprint density at radius 3 is 2.69 bits per heavy atom. The van der Waals surface area contributed by atoms with Crippen LogP contribution >= 0.6 is 11.8 Å². The molecule has 4 rings (SSSR count). The first-order valence-electron chi connectivity index (χ1n) is 10.9. The number of hydrogen-bond acceptors (Lipinski definition) is 7. The summed E-state index contributed by atoms with van der Waals surface area (Å²) in [5, 5.41) is 5.20. The molecule has 0 atom stereocenters. The third kappa shape index (κ3) is 4.73. The standard InChI is InChI=1S/C23H30N6O2S/c1-16-19(17(2)29-22(24-16)25-23(26-29)32-4)9-10-21(30)27(3)15-18-7-5-6-8-20(18)28-11-13-31-14-12-28/h5-8H,9-15H2,1-4H3. The van der Waals surface area contributed by atoms with Gasteiger partial charge >= 0.3 is 0 Å². The van der Waals surface area contributed by atoms with Gasteiger partial charge in [0.1, 0.15) is 0 Å². The predicted octanol–water partition coefficient (Wildman–Crippen LogP) is 2.89. The molecule has 9 heteroatoms. The van der Waals surface area contributed by atoms with Crippen LogP contribution in [0, 0.1) is 13.8 Å². The average molecular weight is 455 g/mol. The van der Waals surface area contributed by atoms with Gasteiger partial charge in [0.15, 0.2) is 0 Å². The number of nitrogens with zero attached hydrogens (tertiary/aromatic N) is 6. The van der Waals surface area contributed by atoms with Crippen LogP contribution in [-0.4, -0.2) is 70.0 Å². The van der Waals surface area contributed by atoms with Crippen molar-refractivity contribution in [3.05, 3.63) is 46.8 Å². The number of anilines is 1. The zero-order valence-electron chi connectivity index (χ0n) is 19.2. The van der Waals surface area contributed by atoms with E-state index in [9.17, 15) is 4.79 Å². The molecule has 0 radical (unpaired) electrons. The molecule has 1 fully saturated rings. The van der Waals surface area contributed by atoms with Crippen LogP contribution in [0.3, 0.4) is 0 Å². The van der Waals surface area contributed by atoms with Crippen molar-refractivity contribution in [2.45, 2.75) is 38.4 Å². The summed E-state index contributed by atoms with van der Waals surface area (Å²) in [6.07, 6.45) is 3.00. The third-order valence-electron chi connectivity index (χ3n) is 5.98. The summed E-state index contributed by atoms with van der Waals surface area (Å²) in [4.78, 5) is 26.2. The second-order valence-electron chi connectivity index (χ2n) is 8.05. The van der Waals surface area contributed by atoms with Crippen molar-refractivity contribution < 1.29 is 9.53 Å². The van der Waals surface area contributed by atoms with Crippen LogP contribution in [-0.2, 0) is 22.5 Å². The summed E-state index contributed by atoms with van der Waals surface area (Å²) in [5.74, 6) is 0.723. The Kier molecular flexibility index (Phi) is 6.95. The number of aromatic nitrogens is 4. The lowest BCUT2D eigenvalue weighted by Gasteiger charge is -2.31. The Morgan fingerprint density at radius 1 is 1.19 bits per heavy atom. The van der Waals surface area contributed by atoms with E-state index in [-0.39, 0.29) is 5.91 Å². The fourth-order valence-electron chi connectivity index (χ4n) is 4.16. The minimum atomic E-state index is 0.115. The number of rotatable bonds is 7. The van der Waals surface area contributed by atoms with Gasteiger partial charge in [-0.1, -0.05) is 30.0 Å². The van der Waals surface area contributed by atoms with E-state index in [2.05, 4.69) is 38.2 Å². The quantitative estimate of drug-likeness (QED) is 0.508. The van der Waals surface area contributed by atoms with Crippen LogP contribution in [0.1, 0.15) is 28.9 Å². The first-order chi connectivity index (χ1) is 15.5. The predicted molar refractivity (Wildman–Crippen MR) is 126 cm³/mol. The summed E-state index contributed by atoms with van der Waals surface area (Å²) < 4.78 is 7.26. The molecule has 0 N–H and O–H groups in total. The van der Waals surface area contributed by atoms with Crippen molar-refractivity contribution in [3.8, 4) is 0 Å². The van der Waals surface area contributed by atoms with Gasteiger partial charge < -0.3 is 14.5 Å². The van der Waals surface area contributed by atoms with Crippen LogP contribution in [0.4, 0.5) is 5.69 Å². The summed E-state index contributed by atoms with van der Waals surface area (Å²) in [6, 6.07) is 8.33. The number of aryl methyl sites for hydroxylation is 2. The molecule has 0 spiro atoms. The fraction of sp³-hybridized carbons (Fsp3) is 0.478. The largest absolute Gasteiger partial charge is 0.378 e. The first kappa shape index (κ1) is 22.5. The molecular formula is C23H30N6O2S. The third-order valence-corrected chi connectivity index (χ3v) is 6.52. The van der Waals surface area contributed by atoms with E-state index in [0.29, 0.717) is 30.3 Å². The number of thioether (sulfide) groups is 1. The molecule has 1 aliphatic heterocycles. The Morgan fingerprint density at radius 2 is 1.94 bits per heavy atom. The van der Waals surface area contributed by atoms with Gasteiger partial charge in [-0.25, -0.2) is 9.50 Å². The van der Waals surface area contributed by atoms with E-state index in [1.807, 2.05) is 38.1 Å². The second kappa shape index (κ2) is 9.87. The van der Waals surface area contributed by atoms with Gasteiger partial charge in [0.25, 0.3) is 5.78 Å². The maximum absolute atomic E-state index is 13.0. The van der Waals surface area contributed by atoms with E-state index in [0.717, 1.165) is 48.8 Å². The number of amides is 1. The van der Waals surface area contributed by atoms with Crippen molar-refractivity contribution in [2.75, 3.05) is 44.5 Å². The maximum atomic E-state index is 13.0. The van der Waals surface area contributed by atoms with E-state index < -0.39 is 0 Å². The Balaban J connectivity index is 1.44. The van der Waals surface area contributed by atoms with E-state index >= 15 is 0 Å². The summed E-state index contributed by atoms with van der Waals surface area (Å²) in [7, 11) is 1.88. The molecule has 1 amide bonds. The molecule has 1 aliphatic rings. The number of carbonyl (C=O) groups excluding carboxylic acids is 1. The fourth-order valence-corrected chi connectivity index (χ4v) is 4.50. The van der Waals surface area contributed by atoms with Gasteiger partial charge in [-0.2, -0.15) is 4.98 Å². The highest BCUT2D eigenvalue weighted by atomic mass is 32.2. The van der Waals surface area contributed by atoms with Gasteiger partial charge in [0, 0.05) is 50.2 Å². The molecule has 0 saturated carbocycles. The number of ether oxygens (including phenoxy) is 1. The highest BCUT2D eigenvalue weighted by molar-refractivity contribution is 7.98. The summed E-state index contributed by atoms with van der Waals surface area (Å²) in [5.41, 5.74) is 5.31. The number of carbonyl (C=O) groups is 1. The normalized spacial score (nSPS) is 14.2. The number of benzene rings is 1. The molecule has 170 valence electrons. The molecule has 3 aromatic rings. The second-order valence-corrected chi connectivity index (χ2v) is 8.82. The van der Waals surface area contributed by atoms with Gasteiger partial charge in [-0.05, 0) is 43.7 Å². The zero-order valence-corrected chi connectivity index (χ0v) is 20.0. The molecule has 0 aliphatic carbocycles. The first-order valence-corrected chi connectivity index (χ1v) is 12.1. The molecule has 0 unspecified atom stereocenters. The van der Waals surface area contributed by atoms with Crippen LogP contribution < -0.4 is 4.90 Å². The molecule has 0 bridgehead atoms. The number of morpholine rings is 1. The molecule has 2 aromatic heterocycles. The molecule has 1 saturated heterocycles. The number of fused-ring (bicyclic) bond motifs is 1. The molecular weight excluding hydrogens is 424 g/mol. The summed E-state index contributed by atoms with van der Waals surface area (Å²) >= 11 is 1.50. The average Bonchev–Trinajstić information content (AvgIpc) is 3.23. The lowest BCUT2D eigenvalue weighted by Crippen LogP contribution is -2.37. The van der Waals surface area contributed by atoms with E-state index in [1.165, 1.54) is 17.4 Å². The molecule has 3 heterocycles. The van der Waals surface area contributed by atoms with Crippen molar-refractivity contribution in [1.29, 1.82) is 0 Å². The van der Waals surface area contributed by atoms with Crippen LogP contribution in [0.2, 0.25) is 0 Å². The highest BCUT2D eigenvalue weighted by Crippen LogP contribution is 2.23. The van der Waals surface area contributed by atoms with Gasteiger partial charge in [0.05, 0.1) is 13.2 Å². The number of para-hydroxylation sites is 1. The number of hydrogen-bond donors (Lipinski definition) is 0. The van der Waals surface area contributed by atoms with Gasteiger partial charge in [0.2, 0.25) is 11.1 Å². The van der Waals surface area contributed by atoms with Gasteiger partial charge in [-0.15, -0.1) is 5.10 Å². The Hall–Kier alpha value is -2.65. The minimum Gasteiger partial charge on any atom is -0.378 e. The minimum absolute atomic E-state index is 0.115. The lowest BCUT2D eigenvalue weighted by atomic mass is 10.1. The van der Waals surface area contributed by atoms with Gasteiger partial charge in [-0.3, -0.25) is 4.79 Å². The van der Waals surface area contributed by atoms with E-state index in [1.54, 1.807) is 4.52 Å². The van der Waals surface area contributed by atoms with Crippen molar-refractivity contribution >= 4 is 29.1 Å². The smallest absolute Gasteiger partial charge is 0.253 e. The van der Waals surface area contributed by atoms with E-state index in [4.69, 9.17) is 4.74 Å². The molecule has 8 nitrogen and oxygen atoms in total. The van der Waals surface area contributed by atoms with Crippen molar-refractivity contribution in [3.63, 3.8) is 0 Å². The zero-order chi connectivity index (χ0) is 22.7. The SMILES string of the molecule is CSc1nc2nc(C)c(CCC(=O)N(C)Cc3ccccc3N3CCOCC3)c(C)n2n1. The maximum Gasteiger partial charge on any atom is 0.253 e. The van der Waals surface area contributed by atoms with Crippen LogP contribution in [0.25, 0.3) is 5.78 Å². The van der Waals surface area contributed by atoms with Crippen molar-refractivity contribution in [1.82, 2.24) is 24.5 Å². The van der Waals surface area contributed by atoms with Crippen LogP contribution in [0.5, 0.6) is 0 Å². The van der Waals surface area contributed by atoms with Crippen molar-refractivity contribution in [2.24, 2.45) is 0 Å². The Labute approximate surface area is 193 Å². The summed E-state index contributed by atoms with van der Waals surface area (Å²) in [6.45, 7) is 7.81. The topological polar surface area (TPSA) is 75.9 Å². The monoisotopic (exact) mass is 454 g/mol. The highest BCUT2D eigenvalue weighted by Gasteiger charge is 2.19. The van der Waals surface area contributed by atoms with Crippen LogP contribution in [0.15, 0.2) is 29.4 Å². The lowest BCUT2D eigenvalue weighted by molar-refractivity contribution is -0.130. The Bertz CT molecular complexity index is 1110. The molecule has 1 aromatic carbocycles. The molecule has 32 heavy (non-hydrogen) atoms.